The highest BCUT2D eigenvalue weighted by atomic mass is 32.2. The normalized spacial score (nSPS) is 14.5. The Labute approximate surface area is 203 Å². The van der Waals surface area contributed by atoms with E-state index in [4.69, 9.17) is 19.2 Å². The number of aromatic nitrogens is 3. The minimum Gasteiger partial charge on any atom is -0.497 e. The molecule has 9 heteroatoms. The van der Waals surface area contributed by atoms with Gasteiger partial charge >= 0.3 is 0 Å². The zero-order valence-electron chi connectivity index (χ0n) is 19.8. The van der Waals surface area contributed by atoms with E-state index in [1.54, 1.807) is 31.3 Å². The molecule has 1 aliphatic rings. The van der Waals surface area contributed by atoms with Crippen molar-refractivity contribution >= 4 is 23.4 Å². The van der Waals surface area contributed by atoms with Gasteiger partial charge in [-0.05, 0) is 30.7 Å². The van der Waals surface area contributed by atoms with Gasteiger partial charge in [0.1, 0.15) is 11.5 Å². The highest BCUT2D eigenvalue weighted by Crippen LogP contribution is 2.45. The van der Waals surface area contributed by atoms with Gasteiger partial charge in [0.05, 0.1) is 25.5 Å². The molecule has 1 aromatic heterocycles. The molecule has 178 valence electrons. The largest absolute Gasteiger partial charge is 0.497 e. The Morgan fingerprint density at radius 2 is 1.94 bits per heavy atom. The van der Waals surface area contributed by atoms with Gasteiger partial charge in [-0.2, -0.15) is 4.98 Å². The third-order valence-corrected chi connectivity index (χ3v) is 6.44. The number of fused-ring (bicyclic) bond motifs is 3. The summed E-state index contributed by atoms with van der Waals surface area (Å²) >= 11 is 1.54. The quantitative estimate of drug-likeness (QED) is 0.318. The summed E-state index contributed by atoms with van der Waals surface area (Å²) in [6.45, 7) is 3.96. The van der Waals surface area contributed by atoms with E-state index in [0.717, 1.165) is 24.2 Å². The van der Waals surface area contributed by atoms with Crippen molar-refractivity contribution in [3.63, 3.8) is 0 Å². The molecule has 0 radical (unpaired) electrons. The van der Waals surface area contributed by atoms with E-state index in [0.29, 0.717) is 39.5 Å². The number of rotatable bonds is 8. The van der Waals surface area contributed by atoms with E-state index in [9.17, 15) is 4.79 Å². The lowest BCUT2D eigenvalue weighted by molar-refractivity contribution is -0.120. The fourth-order valence-electron chi connectivity index (χ4n) is 3.76. The van der Waals surface area contributed by atoms with Crippen LogP contribution in [0.5, 0.6) is 17.4 Å². The number of benzene rings is 2. The minimum absolute atomic E-state index is 0.111. The van der Waals surface area contributed by atoms with Crippen LogP contribution in [0.25, 0.3) is 11.3 Å². The number of nitrogens with zero attached hydrogens (tertiary/aromatic N) is 4. The third-order valence-electron chi connectivity index (χ3n) is 5.51. The Hall–Kier alpha value is -3.33. The first-order valence-electron chi connectivity index (χ1n) is 11.3. The van der Waals surface area contributed by atoms with Crippen LogP contribution in [0, 0.1) is 0 Å². The Morgan fingerprint density at radius 3 is 2.68 bits per heavy atom. The molecular formula is C25H28N4O4S. The number of unbranched alkanes of at least 4 members (excludes halogenated alkanes) is 1. The van der Waals surface area contributed by atoms with Crippen molar-refractivity contribution in [1.82, 2.24) is 15.2 Å². The first kappa shape index (κ1) is 23.8. The van der Waals surface area contributed by atoms with Gasteiger partial charge in [-0.1, -0.05) is 50.2 Å². The van der Waals surface area contributed by atoms with Gasteiger partial charge in [0.15, 0.2) is 5.69 Å². The van der Waals surface area contributed by atoms with Crippen LogP contribution in [-0.4, -0.2) is 41.1 Å². The van der Waals surface area contributed by atoms with Crippen LogP contribution < -0.4 is 19.1 Å². The van der Waals surface area contributed by atoms with Gasteiger partial charge < -0.3 is 14.2 Å². The third kappa shape index (κ3) is 4.65. The van der Waals surface area contributed by atoms with E-state index in [2.05, 4.69) is 17.1 Å². The summed E-state index contributed by atoms with van der Waals surface area (Å²) in [4.78, 5) is 19.7. The summed E-state index contributed by atoms with van der Waals surface area (Å²) < 4.78 is 17.6. The predicted octanol–water partition coefficient (Wildman–Crippen LogP) is 5.28. The molecule has 0 saturated heterocycles. The van der Waals surface area contributed by atoms with Crippen molar-refractivity contribution < 1.29 is 19.0 Å². The van der Waals surface area contributed by atoms with Crippen LogP contribution >= 0.6 is 11.8 Å². The second-order valence-electron chi connectivity index (χ2n) is 7.66. The SMILES string of the molecule is CCCCSc1nnc2c(n1)O[C@@H](c1cc(OC)ccc1OC)N(C(=O)CC)c1ccccc1-2. The summed E-state index contributed by atoms with van der Waals surface area (Å²) in [5.41, 5.74) is 2.54. The van der Waals surface area contributed by atoms with Crippen molar-refractivity contribution in [1.29, 1.82) is 0 Å². The standard InChI is InChI=1S/C25H28N4O4S/c1-5-7-14-34-25-26-23-22(27-28-25)17-10-8-9-11-19(17)29(21(30)6-2)24(33-23)18-15-16(31-3)12-13-20(18)32-4/h8-13,15,24H,5-7,14H2,1-4H3/t24-/m0/s1. The van der Waals surface area contributed by atoms with Gasteiger partial charge in [0.2, 0.25) is 23.2 Å². The van der Waals surface area contributed by atoms with Crippen LogP contribution in [0.15, 0.2) is 47.6 Å². The van der Waals surface area contributed by atoms with Gasteiger partial charge in [-0.25, -0.2) is 0 Å². The molecule has 0 unspecified atom stereocenters. The molecule has 0 bridgehead atoms. The molecule has 3 aromatic rings. The minimum atomic E-state index is -0.843. The second kappa shape index (κ2) is 10.7. The van der Waals surface area contributed by atoms with Crippen molar-refractivity contribution in [3.05, 3.63) is 48.0 Å². The zero-order chi connectivity index (χ0) is 24.1. The Kier molecular flexibility index (Phi) is 7.52. The van der Waals surface area contributed by atoms with Crippen molar-refractivity contribution in [3.8, 4) is 28.6 Å². The fraction of sp³-hybridized carbons (Fsp3) is 0.360. The molecule has 1 amide bonds. The number of amides is 1. The summed E-state index contributed by atoms with van der Waals surface area (Å²) in [5, 5.41) is 9.34. The number of carbonyl (C=O) groups excluding carboxylic acids is 1. The summed E-state index contributed by atoms with van der Waals surface area (Å²) in [6, 6.07) is 13.0. The maximum absolute atomic E-state index is 13.3. The molecular weight excluding hydrogens is 452 g/mol. The lowest BCUT2D eigenvalue weighted by Crippen LogP contribution is -2.37. The number of para-hydroxylation sites is 1. The van der Waals surface area contributed by atoms with Crippen molar-refractivity contribution in [2.75, 3.05) is 24.9 Å². The summed E-state index contributed by atoms with van der Waals surface area (Å²) in [7, 11) is 3.18. The first-order valence-corrected chi connectivity index (χ1v) is 12.3. The highest BCUT2D eigenvalue weighted by molar-refractivity contribution is 7.99. The first-order chi connectivity index (χ1) is 16.6. The molecule has 0 aliphatic carbocycles. The van der Waals surface area contributed by atoms with E-state index in [1.165, 1.54) is 11.8 Å². The average molecular weight is 481 g/mol. The van der Waals surface area contributed by atoms with Crippen LogP contribution in [0.2, 0.25) is 0 Å². The smallest absolute Gasteiger partial charge is 0.247 e. The van der Waals surface area contributed by atoms with Crippen LogP contribution in [-0.2, 0) is 4.79 Å². The Morgan fingerprint density at radius 1 is 1.12 bits per heavy atom. The van der Waals surface area contributed by atoms with Crippen LogP contribution in [0.4, 0.5) is 5.69 Å². The molecule has 2 heterocycles. The number of ether oxygens (including phenoxy) is 3. The zero-order valence-corrected chi connectivity index (χ0v) is 20.6. The maximum Gasteiger partial charge on any atom is 0.247 e. The number of carbonyl (C=O) groups is 1. The lowest BCUT2D eigenvalue weighted by Gasteiger charge is -2.31. The molecule has 4 rings (SSSR count). The van der Waals surface area contributed by atoms with E-state index < -0.39 is 6.23 Å². The number of anilines is 1. The van der Waals surface area contributed by atoms with E-state index >= 15 is 0 Å². The molecule has 0 saturated carbocycles. The van der Waals surface area contributed by atoms with Gasteiger partial charge in [-0.15, -0.1) is 10.2 Å². The second-order valence-corrected chi connectivity index (χ2v) is 8.72. The molecule has 0 fully saturated rings. The van der Waals surface area contributed by atoms with E-state index in [1.807, 2.05) is 37.3 Å². The Bertz CT molecular complexity index is 1170. The van der Waals surface area contributed by atoms with Crippen molar-refractivity contribution in [2.24, 2.45) is 0 Å². The molecule has 0 spiro atoms. The van der Waals surface area contributed by atoms with Crippen molar-refractivity contribution in [2.45, 2.75) is 44.5 Å². The molecule has 2 aromatic carbocycles. The maximum atomic E-state index is 13.3. The van der Waals surface area contributed by atoms with Gasteiger partial charge in [-0.3, -0.25) is 9.69 Å². The average Bonchev–Trinajstić information content (AvgIpc) is 3.02. The number of methoxy groups -OCH3 is 2. The fourth-order valence-corrected chi connectivity index (χ4v) is 4.62. The molecule has 1 aliphatic heterocycles. The summed E-state index contributed by atoms with van der Waals surface area (Å²) in [6.07, 6.45) is 1.58. The number of thioether (sulfide) groups is 1. The molecule has 34 heavy (non-hydrogen) atoms. The van der Waals surface area contributed by atoms with Crippen LogP contribution in [0.3, 0.4) is 0 Å². The topological polar surface area (TPSA) is 86.7 Å². The lowest BCUT2D eigenvalue weighted by atomic mass is 10.1. The molecule has 1 atom stereocenters. The predicted molar refractivity (Wildman–Crippen MR) is 132 cm³/mol. The molecule has 0 N–H and O–H groups in total. The van der Waals surface area contributed by atoms with E-state index in [-0.39, 0.29) is 12.3 Å². The Balaban J connectivity index is 1.91. The van der Waals surface area contributed by atoms with Gasteiger partial charge in [0.25, 0.3) is 0 Å². The van der Waals surface area contributed by atoms with Crippen LogP contribution in [0.1, 0.15) is 44.9 Å². The van der Waals surface area contributed by atoms with Gasteiger partial charge in [0, 0.05) is 17.7 Å². The molecule has 8 nitrogen and oxygen atoms in total. The summed E-state index contributed by atoms with van der Waals surface area (Å²) in [5.74, 6) is 2.29. The number of hydrogen-bond donors (Lipinski definition) is 0. The highest BCUT2D eigenvalue weighted by Gasteiger charge is 2.37. The number of hydrogen-bond acceptors (Lipinski definition) is 8. The monoisotopic (exact) mass is 480 g/mol.